The summed E-state index contributed by atoms with van der Waals surface area (Å²) >= 11 is 8.27. The number of nitrogens with two attached hydrogens (primary N) is 1. The van der Waals surface area contributed by atoms with E-state index in [0.29, 0.717) is 50.7 Å². The summed E-state index contributed by atoms with van der Waals surface area (Å²) in [6.07, 6.45) is 1.41. The van der Waals surface area contributed by atoms with Gasteiger partial charge in [0.25, 0.3) is 0 Å². The van der Waals surface area contributed by atoms with E-state index in [9.17, 15) is 19.2 Å². The van der Waals surface area contributed by atoms with Gasteiger partial charge in [-0.1, -0.05) is 52.9 Å². The lowest BCUT2D eigenvalue weighted by atomic mass is 9.75. The summed E-state index contributed by atoms with van der Waals surface area (Å²) < 4.78 is 15.4. The second-order valence-electron chi connectivity index (χ2n) is 8.53. The number of Topliss-reactive ketones (excluding diaryl/α,β-unsaturated/α-hetero) is 1. The van der Waals surface area contributed by atoms with Crippen molar-refractivity contribution in [2.75, 3.05) is 16.0 Å². The fourth-order valence-corrected chi connectivity index (χ4v) is 6.34. The minimum Gasteiger partial charge on any atom is -0.384 e. The lowest BCUT2D eigenvalue weighted by molar-refractivity contribution is -0.116. The van der Waals surface area contributed by atoms with Crippen LogP contribution in [0, 0.1) is 17.1 Å². The van der Waals surface area contributed by atoms with Gasteiger partial charge in [0.2, 0.25) is 11.0 Å². The first-order chi connectivity index (χ1) is 18.4. The molecule has 3 aromatic rings. The fourth-order valence-electron chi connectivity index (χ4n) is 4.53. The van der Waals surface area contributed by atoms with Crippen LogP contribution in [0.15, 0.2) is 75.5 Å². The van der Waals surface area contributed by atoms with Crippen molar-refractivity contribution >= 4 is 57.2 Å². The Morgan fingerprint density at radius 3 is 2.74 bits per heavy atom. The van der Waals surface area contributed by atoms with Gasteiger partial charge in [-0.2, -0.15) is 5.26 Å². The van der Waals surface area contributed by atoms with Crippen molar-refractivity contribution in [1.82, 2.24) is 10.2 Å². The van der Waals surface area contributed by atoms with Gasteiger partial charge in [-0.25, -0.2) is 4.39 Å². The molecule has 1 unspecified atom stereocenters. The number of nitrogens with zero attached hydrogens (tertiary/aromatic N) is 4. The molecule has 5 rings (SSSR count). The number of allylic oxidation sites excluding steroid dienone is 3. The van der Waals surface area contributed by atoms with Crippen LogP contribution in [0.2, 0.25) is 5.02 Å². The fraction of sp³-hybridized carbons (Fsp3) is 0.192. The monoisotopic (exact) mass is 566 g/mol. The topological polar surface area (TPSA) is 125 Å². The van der Waals surface area contributed by atoms with Gasteiger partial charge in [-0.05, 0) is 43.2 Å². The van der Waals surface area contributed by atoms with E-state index in [1.54, 1.807) is 47.4 Å². The lowest BCUT2D eigenvalue weighted by Gasteiger charge is -2.38. The van der Waals surface area contributed by atoms with Crippen molar-refractivity contribution in [3.8, 4) is 6.07 Å². The van der Waals surface area contributed by atoms with Crippen molar-refractivity contribution in [2.24, 2.45) is 5.73 Å². The molecule has 2 aromatic carbocycles. The zero-order chi connectivity index (χ0) is 26.8. The highest BCUT2D eigenvalue weighted by atomic mass is 35.5. The molecule has 1 aromatic heterocycles. The number of carbonyl (C=O) groups is 2. The number of carbonyl (C=O) groups excluding carboxylic acids is 2. The van der Waals surface area contributed by atoms with E-state index < -0.39 is 11.7 Å². The average molecular weight is 567 g/mol. The van der Waals surface area contributed by atoms with Crippen molar-refractivity contribution in [3.05, 3.63) is 87.6 Å². The standard InChI is InChI=1S/C26H20ClFN6O2S2/c27-14-8-10-15(11-9-14)31-21(36)13-37-26-33-32-25(38-26)34-19-6-3-7-20(35)23(19)22(17(12-29)24(34)30)16-4-1-2-5-18(16)28/h1-2,4-5,8-11,22H,3,6-7,13,30H2,(H,31,36). The Morgan fingerprint density at radius 2 is 2.00 bits per heavy atom. The van der Waals surface area contributed by atoms with Crippen LogP contribution >= 0.6 is 34.7 Å². The number of ketones is 1. The molecule has 1 atom stereocenters. The highest BCUT2D eigenvalue weighted by molar-refractivity contribution is 8.01. The molecule has 2 aliphatic rings. The van der Waals surface area contributed by atoms with E-state index in [4.69, 9.17) is 17.3 Å². The number of nitriles is 1. The molecule has 1 aliphatic heterocycles. The number of halogens is 2. The number of rotatable bonds is 6. The van der Waals surface area contributed by atoms with E-state index in [1.807, 2.05) is 0 Å². The SMILES string of the molecule is N#CC1=C(N)N(c2nnc(SCC(=O)Nc3ccc(Cl)cc3)s2)C2=C(C(=O)CCC2)C1c1ccccc1F. The number of hydrogen-bond acceptors (Lipinski definition) is 9. The Bertz CT molecular complexity index is 1530. The van der Waals surface area contributed by atoms with Gasteiger partial charge >= 0.3 is 0 Å². The maximum atomic E-state index is 14.8. The van der Waals surface area contributed by atoms with Crippen molar-refractivity contribution in [3.63, 3.8) is 0 Å². The summed E-state index contributed by atoms with van der Waals surface area (Å²) in [7, 11) is 0. The van der Waals surface area contributed by atoms with Crippen LogP contribution in [0.3, 0.4) is 0 Å². The van der Waals surface area contributed by atoms with Crippen LogP contribution in [-0.4, -0.2) is 27.6 Å². The van der Waals surface area contributed by atoms with Gasteiger partial charge in [-0.15, -0.1) is 10.2 Å². The summed E-state index contributed by atoms with van der Waals surface area (Å²) in [6.45, 7) is 0. The van der Waals surface area contributed by atoms with Crippen molar-refractivity contribution in [1.29, 1.82) is 5.26 Å². The highest BCUT2D eigenvalue weighted by Gasteiger charge is 2.42. The third-order valence-electron chi connectivity index (χ3n) is 6.17. The normalized spacial score (nSPS) is 17.3. The van der Waals surface area contributed by atoms with E-state index in [1.165, 1.54) is 29.2 Å². The number of nitrogens with one attached hydrogen (secondary N) is 1. The smallest absolute Gasteiger partial charge is 0.234 e. The van der Waals surface area contributed by atoms with Gasteiger partial charge in [0, 0.05) is 34.0 Å². The number of anilines is 2. The van der Waals surface area contributed by atoms with Gasteiger partial charge in [0.05, 0.1) is 23.3 Å². The highest BCUT2D eigenvalue weighted by Crippen LogP contribution is 2.47. The molecule has 0 radical (unpaired) electrons. The minimum absolute atomic E-state index is 0.0795. The van der Waals surface area contributed by atoms with Crippen LogP contribution < -0.4 is 16.0 Å². The summed E-state index contributed by atoms with van der Waals surface area (Å²) in [5.41, 5.74) is 8.39. The summed E-state index contributed by atoms with van der Waals surface area (Å²) in [4.78, 5) is 27.1. The van der Waals surface area contributed by atoms with Crippen LogP contribution in [0.1, 0.15) is 30.7 Å². The zero-order valence-corrected chi connectivity index (χ0v) is 22.2. The Morgan fingerprint density at radius 1 is 1.24 bits per heavy atom. The summed E-state index contributed by atoms with van der Waals surface area (Å²) in [5, 5.41) is 22.2. The predicted octanol–water partition coefficient (Wildman–Crippen LogP) is 5.37. The van der Waals surface area contributed by atoms with Crippen LogP contribution in [0.25, 0.3) is 0 Å². The molecule has 1 amide bonds. The Labute approximate surface area is 231 Å². The number of amides is 1. The number of hydrogen-bond donors (Lipinski definition) is 2. The number of aromatic nitrogens is 2. The Kier molecular flexibility index (Phi) is 7.46. The molecule has 0 fully saturated rings. The van der Waals surface area contributed by atoms with E-state index in [-0.39, 0.29) is 34.4 Å². The molecule has 0 bridgehead atoms. The molecule has 0 saturated heterocycles. The first kappa shape index (κ1) is 25.9. The largest absolute Gasteiger partial charge is 0.384 e. The second kappa shape index (κ2) is 10.9. The van der Waals surface area contributed by atoms with Gasteiger partial charge in [0.15, 0.2) is 10.1 Å². The van der Waals surface area contributed by atoms with E-state index in [0.717, 1.165) is 0 Å². The van der Waals surface area contributed by atoms with Crippen LogP contribution in [0.5, 0.6) is 0 Å². The number of benzene rings is 2. The quantitative estimate of drug-likeness (QED) is 0.382. The molecule has 3 N–H and O–H groups in total. The van der Waals surface area contributed by atoms with Gasteiger partial charge < -0.3 is 11.1 Å². The van der Waals surface area contributed by atoms with Crippen molar-refractivity contribution < 1.29 is 14.0 Å². The van der Waals surface area contributed by atoms with Gasteiger partial charge in [-0.3, -0.25) is 14.5 Å². The molecule has 2 heterocycles. The average Bonchev–Trinajstić information content (AvgIpc) is 3.37. The first-order valence-corrected chi connectivity index (χ1v) is 13.8. The maximum Gasteiger partial charge on any atom is 0.234 e. The molecule has 0 saturated carbocycles. The maximum absolute atomic E-state index is 14.8. The molecule has 0 spiro atoms. The molecule has 192 valence electrons. The first-order valence-electron chi connectivity index (χ1n) is 11.6. The Balaban J connectivity index is 1.42. The molecule has 8 nitrogen and oxygen atoms in total. The lowest BCUT2D eigenvalue weighted by Crippen LogP contribution is -2.38. The minimum atomic E-state index is -0.890. The predicted molar refractivity (Wildman–Crippen MR) is 145 cm³/mol. The van der Waals surface area contributed by atoms with Crippen LogP contribution in [-0.2, 0) is 9.59 Å². The molecular formula is C26H20ClFN6O2S2. The molecular weight excluding hydrogens is 547 g/mol. The Hall–Kier alpha value is -3.72. The van der Waals surface area contributed by atoms with Crippen LogP contribution in [0.4, 0.5) is 15.2 Å². The molecule has 1 aliphatic carbocycles. The second-order valence-corrected chi connectivity index (χ2v) is 11.1. The summed E-state index contributed by atoms with van der Waals surface area (Å²) in [6, 6.07) is 15.0. The summed E-state index contributed by atoms with van der Waals surface area (Å²) in [5.74, 6) is -1.60. The van der Waals surface area contributed by atoms with E-state index >= 15 is 0 Å². The number of thioether (sulfide) groups is 1. The molecule has 12 heteroatoms. The van der Waals surface area contributed by atoms with Crippen molar-refractivity contribution in [2.45, 2.75) is 29.5 Å². The third-order valence-corrected chi connectivity index (χ3v) is 8.47. The zero-order valence-electron chi connectivity index (χ0n) is 19.8. The van der Waals surface area contributed by atoms with Gasteiger partial charge in [0.1, 0.15) is 11.6 Å². The molecule has 38 heavy (non-hydrogen) atoms. The van der Waals surface area contributed by atoms with E-state index in [2.05, 4.69) is 21.6 Å². The third kappa shape index (κ3) is 5.03.